The van der Waals surface area contributed by atoms with Gasteiger partial charge in [0, 0.05) is 11.3 Å². The molecule has 0 saturated heterocycles. The Morgan fingerprint density at radius 2 is 1.50 bits per heavy atom. The van der Waals surface area contributed by atoms with Crippen molar-refractivity contribution >= 4 is 34.1 Å². The molecule has 204 valence electrons. The van der Waals surface area contributed by atoms with Gasteiger partial charge in [0.2, 0.25) is 11.0 Å². The third-order valence-corrected chi connectivity index (χ3v) is 6.47. The molecule has 0 fully saturated rings. The largest absolute Gasteiger partial charge is 0.416 e. The lowest BCUT2D eigenvalue weighted by Crippen LogP contribution is -2.49. The summed E-state index contributed by atoms with van der Waals surface area (Å²) in [6, 6.07) is 5.82. The van der Waals surface area contributed by atoms with E-state index < -0.39 is 53.1 Å². The fraction of sp³-hybridized carbons (Fsp3) is 0.333. The molecule has 14 heteroatoms. The molecule has 3 amide bonds. The molecule has 3 N–H and O–H groups in total. The summed E-state index contributed by atoms with van der Waals surface area (Å²) >= 11 is 1.09. The molecule has 3 rings (SSSR count). The first kappa shape index (κ1) is 28.9. The number of nitrogens with zero attached hydrogens (tertiary/aromatic N) is 2. The molecule has 0 aliphatic carbocycles. The molecule has 2 atom stereocenters. The van der Waals surface area contributed by atoms with Crippen LogP contribution in [-0.2, 0) is 17.1 Å². The van der Waals surface area contributed by atoms with Crippen molar-refractivity contribution in [1.29, 1.82) is 0 Å². The molecule has 3 aromatic rings. The van der Waals surface area contributed by atoms with Crippen LogP contribution in [0.25, 0.3) is 10.6 Å². The first-order valence-electron chi connectivity index (χ1n) is 11.3. The fourth-order valence-electron chi connectivity index (χ4n) is 3.31. The summed E-state index contributed by atoms with van der Waals surface area (Å²) in [7, 11) is 0. The molecule has 2 unspecified atom stereocenters. The number of urea groups is 1. The van der Waals surface area contributed by atoms with Crippen molar-refractivity contribution in [1.82, 2.24) is 15.5 Å². The first-order valence-corrected chi connectivity index (χ1v) is 12.1. The number of halogens is 6. The average molecular weight is 560 g/mol. The van der Waals surface area contributed by atoms with Gasteiger partial charge in [-0.2, -0.15) is 26.3 Å². The molecule has 0 saturated carbocycles. The van der Waals surface area contributed by atoms with Gasteiger partial charge in [-0.15, -0.1) is 10.2 Å². The highest BCUT2D eigenvalue weighted by Crippen LogP contribution is 2.37. The standard InChI is InChI=1S/C24H23F6N5O2S/c1-4-13(3)18(19(36)33-22-35-34-20(38-22)14-7-5-12(2)6-8-14)32-21(37)31-17-10-15(23(25,26)27)9-16(11-17)24(28,29)30/h5-11,13,18H,4H2,1-3H3,(H2,31,32,37)(H,33,35,36). The van der Waals surface area contributed by atoms with Crippen LogP contribution >= 0.6 is 11.3 Å². The predicted octanol–water partition coefficient (Wildman–Crippen LogP) is 6.73. The number of alkyl halides is 6. The maximum Gasteiger partial charge on any atom is 0.416 e. The van der Waals surface area contributed by atoms with Crippen LogP contribution in [0.3, 0.4) is 0 Å². The SMILES string of the molecule is CCC(C)C(NC(=O)Nc1cc(C(F)(F)F)cc(C(F)(F)F)c1)C(=O)Nc1nnc(-c2ccc(C)cc2)s1. The van der Waals surface area contributed by atoms with Crippen LogP contribution in [0.5, 0.6) is 0 Å². The Hall–Kier alpha value is -3.68. The molecule has 0 aliphatic rings. The molecular weight excluding hydrogens is 536 g/mol. The Morgan fingerprint density at radius 1 is 0.921 bits per heavy atom. The van der Waals surface area contributed by atoms with Crippen LogP contribution in [0.1, 0.15) is 37.0 Å². The van der Waals surface area contributed by atoms with Crippen molar-refractivity contribution in [2.75, 3.05) is 10.6 Å². The minimum Gasteiger partial charge on any atom is -0.326 e. The van der Waals surface area contributed by atoms with Crippen molar-refractivity contribution < 1.29 is 35.9 Å². The maximum absolute atomic E-state index is 13.1. The summed E-state index contributed by atoms with van der Waals surface area (Å²) in [6.07, 6.45) is -9.73. The number of carbonyl (C=O) groups excluding carboxylic acids is 2. The predicted molar refractivity (Wildman–Crippen MR) is 131 cm³/mol. The molecule has 1 heterocycles. The number of anilines is 2. The Kier molecular flexibility index (Phi) is 8.65. The first-order chi connectivity index (χ1) is 17.7. The molecule has 38 heavy (non-hydrogen) atoms. The quantitative estimate of drug-likeness (QED) is 0.280. The minimum absolute atomic E-state index is 0.0502. The lowest BCUT2D eigenvalue weighted by molar-refractivity contribution is -0.143. The van der Waals surface area contributed by atoms with Crippen molar-refractivity contribution in [3.63, 3.8) is 0 Å². The van der Waals surface area contributed by atoms with Crippen LogP contribution in [0.4, 0.5) is 42.0 Å². The number of nitrogens with one attached hydrogen (secondary N) is 3. The fourth-order valence-corrected chi connectivity index (χ4v) is 4.06. The monoisotopic (exact) mass is 559 g/mol. The Labute approximate surface area is 217 Å². The Bertz CT molecular complexity index is 1260. The van der Waals surface area contributed by atoms with Crippen molar-refractivity contribution in [2.45, 2.75) is 45.6 Å². The molecular formula is C24H23F6N5O2S. The number of hydrogen-bond acceptors (Lipinski definition) is 5. The highest BCUT2D eigenvalue weighted by atomic mass is 32.1. The van der Waals surface area contributed by atoms with E-state index in [2.05, 4.69) is 20.8 Å². The number of carbonyl (C=O) groups is 2. The van der Waals surface area contributed by atoms with Gasteiger partial charge in [0.25, 0.3) is 0 Å². The Morgan fingerprint density at radius 3 is 2.03 bits per heavy atom. The van der Waals surface area contributed by atoms with Gasteiger partial charge in [-0.05, 0) is 31.0 Å². The summed E-state index contributed by atoms with van der Waals surface area (Å²) in [5.74, 6) is -1.13. The zero-order valence-electron chi connectivity index (χ0n) is 20.3. The highest BCUT2D eigenvalue weighted by molar-refractivity contribution is 7.18. The summed E-state index contributed by atoms with van der Waals surface area (Å²) < 4.78 is 78.7. The van der Waals surface area contributed by atoms with E-state index in [1.54, 1.807) is 13.8 Å². The third kappa shape index (κ3) is 7.43. The molecule has 7 nitrogen and oxygen atoms in total. The van der Waals surface area contributed by atoms with Gasteiger partial charge < -0.3 is 10.6 Å². The molecule has 0 aliphatic heterocycles. The second-order valence-corrected chi connectivity index (χ2v) is 9.50. The summed E-state index contributed by atoms with van der Waals surface area (Å²) in [4.78, 5) is 25.5. The van der Waals surface area contributed by atoms with Crippen molar-refractivity contribution in [3.8, 4) is 10.6 Å². The lowest BCUT2D eigenvalue weighted by Gasteiger charge is -2.23. The number of aryl methyl sites for hydroxylation is 1. The number of amides is 3. The van der Waals surface area contributed by atoms with Gasteiger partial charge in [0.1, 0.15) is 11.0 Å². The van der Waals surface area contributed by atoms with Crippen LogP contribution in [0.15, 0.2) is 42.5 Å². The van der Waals surface area contributed by atoms with E-state index in [9.17, 15) is 35.9 Å². The van der Waals surface area contributed by atoms with Crippen LogP contribution in [0, 0.1) is 12.8 Å². The number of aromatic nitrogens is 2. The van der Waals surface area contributed by atoms with Crippen LogP contribution in [-0.4, -0.2) is 28.2 Å². The molecule has 2 aromatic carbocycles. The van der Waals surface area contributed by atoms with E-state index in [-0.39, 0.29) is 11.2 Å². The average Bonchev–Trinajstić information content (AvgIpc) is 3.29. The Balaban J connectivity index is 1.76. The maximum atomic E-state index is 13.1. The van der Waals surface area contributed by atoms with Gasteiger partial charge in [-0.25, -0.2) is 4.79 Å². The molecule has 0 bridgehead atoms. The smallest absolute Gasteiger partial charge is 0.326 e. The van der Waals surface area contributed by atoms with Crippen LogP contribution < -0.4 is 16.0 Å². The topological polar surface area (TPSA) is 96.0 Å². The third-order valence-electron chi connectivity index (χ3n) is 5.58. The molecule has 1 aromatic heterocycles. The second-order valence-electron chi connectivity index (χ2n) is 8.52. The zero-order chi connectivity index (χ0) is 28.3. The summed E-state index contributed by atoms with van der Waals surface area (Å²) in [5, 5.41) is 15.5. The van der Waals surface area contributed by atoms with E-state index in [4.69, 9.17) is 0 Å². The number of hydrogen-bond donors (Lipinski definition) is 3. The van der Waals surface area contributed by atoms with Crippen molar-refractivity contribution in [2.24, 2.45) is 5.92 Å². The van der Waals surface area contributed by atoms with Crippen molar-refractivity contribution in [3.05, 3.63) is 59.2 Å². The second kappa shape index (κ2) is 11.4. The number of rotatable bonds is 7. The normalized spacial score (nSPS) is 13.5. The summed E-state index contributed by atoms with van der Waals surface area (Å²) in [6.45, 7) is 5.32. The van der Waals surface area contributed by atoms with E-state index in [1.807, 2.05) is 36.5 Å². The van der Waals surface area contributed by atoms with Gasteiger partial charge >= 0.3 is 18.4 Å². The number of benzene rings is 2. The van der Waals surface area contributed by atoms with Gasteiger partial charge in [0.05, 0.1) is 11.1 Å². The highest BCUT2D eigenvalue weighted by Gasteiger charge is 2.37. The summed E-state index contributed by atoms with van der Waals surface area (Å²) in [5.41, 5.74) is -2.07. The van der Waals surface area contributed by atoms with Gasteiger partial charge in [-0.1, -0.05) is 61.4 Å². The van der Waals surface area contributed by atoms with E-state index in [0.717, 1.165) is 22.5 Å². The van der Waals surface area contributed by atoms with E-state index in [0.29, 0.717) is 23.6 Å². The lowest BCUT2D eigenvalue weighted by atomic mass is 9.98. The van der Waals surface area contributed by atoms with Gasteiger partial charge in [0.15, 0.2) is 0 Å². The van der Waals surface area contributed by atoms with Crippen LogP contribution in [0.2, 0.25) is 0 Å². The minimum atomic E-state index is -5.08. The zero-order valence-corrected chi connectivity index (χ0v) is 21.1. The molecule has 0 spiro atoms. The van der Waals surface area contributed by atoms with Gasteiger partial charge in [-0.3, -0.25) is 10.1 Å². The molecule has 0 radical (unpaired) electrons. The van der Waals surface area contributed by atoms with E-state index >= 15 is 0 Å². The van der Waals surface area contributed by atoms with E-state index in [1.165, 1.54) is 0 Å².